The first-order valence-corrected chi connectivity index (χ1v) is 8.28. The van der Waals surface area contributed by atoms with E-state index in [2.05, 4.69) is 12.2 Å². The van der Waals surface area contributed by atoms with E-state index in [0.29, 0.717) is 0 Å². The summed E-state index contributed by atoms with van der Waals surface area (Å²) in [5.74, 6) is 1.78. The fraction of sp³-hybridized carbons (Fsp3) is 1.00. The van der Waals surface area contributed by atoms with Gasteiger partial charge in [0.2, 0.25) is 0 Å². The van der Waals surface area contributed by atoms with Gasteiger partial charge in [0.1, 0.15) is 0 Å². The monoisotopic (exact) mass is 267 g/mol. The maximum atomic E-state index is 6.18. The van der Waals surface area contributed by atoms with Gasteiger partial charge in [-0.25, -0.2) is 0 Å². The summed E-state index contributed by atoms with van der Waals surface area (Å²) in [6.07, 6.45) is 8.84. The van der Waals surface area contributed by atoms with E-state index >= 15 is 0 Å². The molecule has 0 aromatic rings. The Kier molecular flexibility index (Phi) is 4.45. The minimum absolute atomic E-state index is 0.155. The summed E-state index contributed by atoms with van der Waals surface area (Å²) in [6, 6.07) is 0.753. The average Bonchev–Trinajstić information content (AvgIpc) is 3.25. The molecule has 1 aliphatic carbocycles. The van der Waals surface area contributed by atoms with Gasteiger partial charge in [0.15, 0.2) is 0 Å². The molecule has 2 aliphatic heterocycles. The summed E-state index contributed by atoms with van der Waals surface area (Å²) in [7, 11) is 0. The summed E-state index contributed by atoms with van der Waals surface area (Å²) in [5, 5.41) is 3.84. The van der Waals surface area contributed by atoms with Gasteiger partial charge in [-0.3, -0.25) is 0 Å². The van der Waals surface area contributed by atoms with Crippen LogP contribution in [-0.2, 0) is 9.47 Å². The Morgan fingerprint density at radius 1 is 1.11 bits per heavy atom. The van der Waals surface area contributed by atoms with Crippen molar-refractivity contribution in [3.05, 3.63) is 0 Å². The van der Waals surface area contributed by atoms with Crippen LogP contribution in [0.1, 0.15) is 51.9 Å². The molecule has 2 unspecified atom stereocenters. The molecule has 0 radical (unpaired) electrons. The summed E-state index contributed by atoms with van der Waals surface area (Å²) < 4.78 is 11.7. The molecule has 110 valence electrons. The van der Waals surface area contributed by atoms with Crippen LogP contribution in [-0.4, -0.2) is 38.0 Å². The molecule has 0 aromatic carbocycles. The average molecular weight is 267 g/mol. The predicted octanol–water partition coefficient (Wildman–Crippen LogP) is 2.74. The molecule has 2 heterocycles. The molecule has 2 atom stereocenters. The molecule has 0 bridgehead atoms. The van der Waals surface area contributed by atoms with Gasteiger partial charge in [-0.2, -0.15) is 0 Å². The van der Waals surface area contributed by atoms with Crippen LogP contribution in [0.3, 0.4) is 0 Å². The summed E-state index contributed by atoms with van der Waals surface area (Å²) in [5.41, 5.74) is 0.155. The third-order valence-electron chi connectivity index (χ3n) is 5.20. The van der Waals surface area contributed by atoms with E-state index in [4.69, 9.17) is 9.47 Å². The van der Waals surface area contributed by atoms with Crippen molar-refractivity contribution < 1.29 is 9.47 Å². The number of nitrogens with one attached hydrogen (secondary N) is 1. The van der Waals surface area contributed by atoms with Gasteiger partial charge in [0, 0.05) is 25.9 Å². The van der Waals surface area contributed by atoms with E-state index in [1.807, 2.05) is 0 Å². The van der Waals surface area contributed by atoms with E-state index in [-0.39, 0.29) is 5.60 Å². The zero-order valence-electron chi connectivity index (χ0n) is 12.3. The van der Waals surface area contributed by atoms with Crippen molar-refractivity contribution in [2.24, 2.45) is 11.8 Å². The molecule has 0 amide bonds. The molecule has 3 rings (SSSR count). The van der Waals surface area contributed by atoms with Crippen molar-refractivity contribution in [3.63, 3.8) is 0 Å². The van der Waals surface area contributed by atoms with Gasteiger partial charge in [0.05, 0.1) is 5.60 Å². The van der Waals surface area contributed by atoms with E-state index in [1.165, 1.54) is 38.6 Å². The topological polar surface area (TPSA) is 30.5 Å². The molecule has 1 spiro atoms. The van der Waals surface area contributed by atoms with Crippen molar-refractivity contribution >= 4 is 0 Å². The first-order valence-electron chi connectivity index (χ1n) is 8.28. The lowest BCUT2D eigenvalue weighted by Crippen LogP contribution is -2.50. The van der Waals surface area contributed by atoms with E-state index in [9.17, 15) is 0 Å². The summed E-state index contributed by atoms with van der Waals surface area (Å²) >= 11 is 0. The van der Waals surface area contributed by atoms with Gasteiger partial charge < -0.3 is 14.8 Å². The maximum Gasteiger partial charge on any atom is 0.0729 e. The third kappa shape index (κ3) is 3.32. The molecule has 1 saturated carbocycles. The number of ether oxygens (including phenoxy) is 2. The molecule has 3 fully saturated rings. The molecular formula is C16H29NO2. The number of hydrogen-bond acceptors (Lipinski definition) is 3. The smallest absolute Gasteiger partial charge is 0.0729 e. The van der Waals surface area contributed by atoms with Crippen molar-refractivity contribution in [1.82, 2.24) is 5.32 Å². The minimum Gasteiger partial charge on any atom is -0.381 e. The van der Waals surface area contributed by atoms with Crippen LogP contribution >= 0.6 is 0 Å². The van der Waals surface area contributed by atoms with Gasteiger partial charge in [-0.05, 0) is 63.3 Å². The first kappa shape index (κ1) is 13.8. The Bertz CT molecular complexity index is 279. The van der Waals surface area contributed by atoms with Crippen LogP contribution in [0.15, 0.2) is 0 Å². The zero-order valence-corrected chi connectivity index (χ0v) is 12.3. The molecule has 3 nitrogen and oxygen atoms in total. The minimum atomic E-state index is 0.155. The number of hydrogen-bond donors (Lipinski definition) is 1. The highest BCUT2D eigenvalue weighted by molar-refractivity contribution is 4.97. The van der Waals surface area contributed by atoms with E-state index < -0.39 is 0 Å². The fourth-order valence-electron chi connectivity index (χ4n) is 3.95. The van der Waals surface area contributed by atoms with Gasteiger partial charge >= 0.3 is 0 Å². The third-order valence-corrected chi connectivity index (χ3v) is 5.20. The molecule has 19 heavy (non-hydrogen) atoms. The van der Waals surface area contributed by atoms with Crippen LogP contribution in [0.4, 0.5) is 0 Å². The standard InChI is InChI=1S/C16H29NO2/c1-2-8-17-15(13-3-4-13)14-5-9-19-16(12-14)6-10-18-11-7-16/h13-15,17H,2-12H2,1H3. The Hall–Kier alpha value is -0.120. The van der Waals surface area contributed by atoms with Crippen LogP contribution in [0.5, 0.6) is 0 Å². The van der Waals surface area contributed by atoms with Crippen molar-refractivity contribution in [3.8, 4) is 0 Å². The highest BCUT2D eigenvalue weighted by Gasteiger charge is 2.44. The lowest BCUT2D eigenvalue weighted by atomic mass is 9.76. The maximum absolute atomic E-state index is 6.18. The van der Waals surface area contributed by atoms with Crippen molar-refractivity contribution in [2.75, 3.05) is 26.4 Å². The zero-order chi connectivity index (χ0) is 13.1. The predicted molar refractivity (Wildman–Crippen MR) is 76.3 cm³/mol. The molecular weight excluding hydrogens is 238 g/mol. The highest BCUT2D eigenvalue weighted by Crippen LogP contribution is 2.44. The molecule has 2 saturated heterocycles. The van der Waals surface area contributed by atoms with Crippen molar-refractivity contribution in [1.29, 1.82) is 0 Å². The second kappa shape index (κ2) is 6.11. The quantitative estimate of drug-likeness (QED) is 0.831. The number of rotatable bonds is 5. The first-order chi connectivity index (χ1) is 9.33. The van der Waals surface area contributed by atoms with Crippen LogP contribution < -0.4 is 5.32 Å². The normalized spacial score (nSPS) is 32.4. The lowest BCUT2D eigenvalue weighted by Gasteiger charge is -2.45. The van der Waals surface area contributed by atoms with Crippen LogP contribution in [0.2, 0.25) is 0 Å². The van der Waals surface area contributed by atoms with Crippen molar-refractivity contribution in [2.45, 2.75) is 63.5 Å². The molecule has 1 N–H and O–H groups in total. The van der Waals surface area contributed by atoms with E-state index in [1.54, 1.807) is 0 Å². The SMILES string of the molecule is CCCNC(C1CC1)C1CCOC2(CCOCC2)C1. The largest absolute Gasteiger partial charge is 0.381 e. The Balaban J connectivity index is 1.62. The molecule has 3 aliphatic rings. The summed E-state index contributed by atoms with van der Waals surface area (Å²) in [4.78, 5) is 0. The van der Waals surface area contributed by atoms with Crippen LogP contribution in [0.25, 0.3) is 0 Å². The molecule has 0 aromatic heterocycles. The Morgan fingerprint density at radius 2 is 1.89 bits per heavy atom. The van der Waals surface area contributed by atoms with Gasteiger partial charge in [-0.15, -0.1) is 0 Å². The lowest BCUT2D eigenvalue weighted by molar-refractivity contribution is -0.150. The second-order valence-corrected chi connectivity index (χ2v) is 6.71. The second-order valence-electron chi connectivity index (χ2n) is 6.71. The summed E-state index contributed by atoms with van der Waals surface area (Å²) in [6.45, 7) is 6.18. The van der Waals surface area contributed by atoms with Crippen LogP contribution in [0, 0.1) is 11.8 Å². The fourth-order valence-corrected chi connectivity index (χ4v) is 3.95. The highest BCUT2D eigenvalue weighted by atomic mass is 16.5. The van der Waals surface area contributed by atoms with Gasteiger partial charge in [0.25, 0.3) is 0 Å². The Labute approximate surface area is 117 Å². The van der Waals surface area contributed by atoms with Gasteiger partial charge in [-0.1, -0.05) is 6.92 Å². The molecule has 3 heteroatoms. The Morgan fingerprint density at radius 3 is 2.58 bits per heavy atom. The van der Waals surface area contributed by atoms with E-state index in [0.717, 1.165) is 50.5 Å².